The second-order valence-electron chi connectivity index (χ2n) is 11.4. The molecule has 7 nitrogen and oxygen atoms in total. The lowest BCUT2D eigenvalue weighted by molar-refractivity contribution is -0.923. The number of allylic oxidation sites excluding steroid dienone is 1. The van der Waals surface area contributed by atoms with Crippen LogP contribution < -0.4 is 0 Å². The Morgan fingerprint density at radius 1 is 0.487 bits per heavy atom. The van der Waals surface area contributed by atoms with E-state index in [2.05, 4.69) is 19.1 Å². The Hall–Kier alpha value is -1.89. The lowest BCUT2D eigenvalue weighted by atomic mass is 10.0. The third-order valence-electron chi connectivity index (χ3n) is 7.70. The molecule has 0 saturated heterocycles. The Kier molecular flexibility index (Phi) is 25.1. The minimum absolute atomic E-state index is 0.0701. The van der Waals surface area contributed by atoms with Crippen molar-refractivity contribution in [2.24, 2.45) is 0 Å². The van der Waals surface area contributed by atoms with Crippen LogP contribution in [-0.4, -0.2) is 63.9 Å². The average Bonchev–Trinajstić information content (AvgIpc) is 2.87. The number of carboxylic acids is 3. The maximum absolute atomic E-state index is 11.0. The molecule has 0 amide bonds. The summed E-state index contributed by atoms with van der Waals surface area (Å²) in [5.74, 6) is -2.52. The van der Waals surface area contributed by atoms with Crippen LogP contribution >= 0.6 is 0 Å². The van der Waals surface area contributed by atoms with E-state index < -0.39 is 17.9 Å². The topological polar surface area (TPSA) is 112 Å². The Morgan fingerprint density at radius 2 is 0.821 bits per heavy atom. The van der Waals surface area contributed by atoms with E-state index in [1.54, 1.807) is 0 Å². The standard InChI is InChI=1S/C32H59NO6/c1-2-3-4-5-6-7-8-9-10-11-12-13-14-15-16-17-18-19-26-33(27-20-23-30(34)35,28-21-24-31(36)37)29-22-25-32(38)39/h18-19H,2-17,20-29H2,1H3,(H2-,34,35,36,37,38,39)/p+1/b19-18+. The summed E-state index contributed by atoms with van der Waals surface area (Å²) in [7, 11) is 0. The van der Waals surface area contributed by atoms with Crippen molar-refractivity contribution in [3.63, 3.8) is 0 Å². The zero-order valence-electron chi connectivity index (χ0n) is 25.1. The lowest BCUT2D eigenvalue weighted by Gasteiger charge is -2.38. The quantitative estimate of drug-likeness (QED) is 0.0468. The third kappa shape index (κ3) is 26.1. The molecule has 0 unspecified atom stereocenters. The monoisotopic (exact) mass is 554 g/mol. The van der Waals surface area contributed by atoms with E-state index in [0.29, 0.717) is 49.9 Å². The molecule has 0 spiro atoms. The van der Waals surface area contributed by atoms with Crippen molar-refractivity contribution in [2.75, 3.05) is 26.2 Å². The van der Waals surface area contributed by atoms with Crippen LogP contribution in [0.5, 0.6) is 0 Å². The Morgan fingerprint density at radius 3 is 1.15 bits per heavy atom. The molecule has 0 aliphatic heterocycles. The van der Waals surface area contributed by atoms with Gasteiger partial charge in [0.1, 0.15) is 0 Å². The van der Waals surface area contributed by atoms with Crippen LogP contribution in [0, 0.1) is 0 Å². The normalized spacial score (nSPS) is 11.8. The van der Waals surface area contributed by atoms with E-state index in [4.69, 9.17) is 15.3 Å². The molecule has 0 aromatic rings. The molecule has 3 N–H and O–H groups in total. The summed E-state index contributed by atoms with van der Waals surface area (Å²) >= 11 is 0. The summed E-state index contributed by atoms with van der Waals surface area (Å²) < 4.78 is 0.559. The van der Waals surface area contributed by atoms with Gasteiger partial charge in [0.05, 0.1) is 45.4 Å². The first-order chi connectivity index (χ1) is 18.8. The number of quaternary nitrogens is 1. The first-order valence-electron chi connectivity index (χ1n) is 16.0. The highest BCUT2D eigenvalue weighted by molar-refractivity contribution is 5.67. The second kappa shape index (κ2) is 26.3. The predicted octanol–water partition coefficient (Wildman–Crippen LogP) is 8.22. The van der Waals surface area contributed by atoms with Gasteiger partial charge in [0.2, 0.25) is 0 Å². The van der Waals surface area contributed by atoms with Crippen molar-refractivity contribution in [1.29, 1.82) is 0 Å². The van der Waals surface area contributed by atoms with Crippen LogP contribution in [0.4, 0.5) is 0 Å². The minimum atomic E-state index is -0.840. The number of carboxylic acid groups (broad SMARTS) is 3. The van der Waals surface area contributed by atoms with Gasteiger partial charge in [-0.25, -0.2) is 0 Å². The summed E-state index contributed by atoms with van der Waals surface area (Å²) in [6.07, 6.45) is 27.3. The number of hydrogen-bond donors (Lipinski definition) is 3. The highest BCUT2D eigenvalue weighted by atomic mass is 16.4. The molecular formula is C32H60NO6+. The molecule has 7 heteroatoms. The number of unbranched alkanes of at least 4 members (excludes halogenated alkanes) is 15. The van der Waals surface area contributed by atoms with Crippen molar-refractivity contribution in [1.82, 2.24) is 0 Å². The van der Waals surface area contributed by atoms with Gasteiger partial charge in [-0.3, -0.25) is 14.4 Å². The Bertz CT molecular complexity index is 598. The van der Waals surface area contributed by atoms with Crippen LogP contribution in [0.25, 0.3) is 0 Å². The molecule has 0 radical (unpaired) electrons. The Balaban J connectivity index is 4.24. The van der Waals surface area contributed by atoms with E-state index in [-0.39, 0.29) is 19.3 Å². The van der Waals surface area contributed by atoms with E-state index in [9.17, 15) is 14.4 Å². The van der Waals surface area contributed by atoms with Crippen LogP contribution in [-0.2, 0) is 14.4 Å². The maximum atomic E-state index is 11.0. The largest absolute Gasteiger partial charge is 0.481 e. The van der Waals surface area contributed by atoms with Gasteiger partial charge in [0.25, 0.3) is 0 Å². The minimum Gasteiger partial charge on any atom is -0.481 e. The van der Waals surface area contributed by atoms with Gasteiger partial charge in [0, 0.05) is 19.3 Å². The van der Waals surface area contributed by atoms with E-state index in [1.165, 1.54) is 89.9 Å². The molecule has 0 aromatic carbocycles. The summed E-state index contributed by atoms with van der Waals surface area (Å²) in [6.45, 7) is 4.82. The number of rotatable bonds is 30. The van der Waals surface area contributed by atoms with E-state index in [1.807, 2.05) is 0 Å². The first-order valence-corrected chi connectivity index (χ1v) is 16.0. The average molecular weight is 555 g/mol. The van der Waals surface area contributed by atoms with Gasteiger partial charge in [-0.15, -0.1) is 0 Å². The van der Waals surface area contributed by atoms with Gasteiger partial charge >= 0.3 is 17.9 Å². The van der Waals surface area contributed by atoms with Gasteiger partial charge in [-0.05, 0) is 18.9 Å². The molecule has 0 heterocycles. The van der Waals surface area contributed by atoms with Gasteiger partial charge < -0.3 is 19.8 Å². The second-order valence-corrected chi connectivity index (χ2v) is 11.4. The third-order valence-corrected chi connectivity index (χ3v) is 7.70. The van der Waals surface area contributed by atoms with Crippen molar-refractivity contribution in [3.8, 4) is 0 Å². The number of hydrogen-bond acceptors (Lipinski definition) is 3. The fraction of sp³-hybridized carbons (Fsp3) is 0.844. The van der Waals surface area contributed by atoms with Gasteiger partial charge in [-0.1, -0.05) is 103 Å². The van der Waals surface area contributed by atoms with Crippen molar-refractivity contribution in [3.05, 3.63) is 12.2 Å². The lowest BCUT2D eigenvalue weighted by Crippen LogP contribution is -2.50. The molecule has 0 rings (SSSR count). The molecule has 0 aromatic heterocycles. The van der Waals surface area contributed by atoms with Gasteiger partial charge in [-0.2, -0.15) is 0 Å². The Labute approximate surface area is 238 Å². The van der Waals surface area contributed by atoms with Crippen molar-refractivity contribution in [2.45, 2.75) is 148 Å². The van der Waals surface area contributed by atoms with Crippen molar-refractivity contribution < 1.29 is 34.2 Å². The zero-order valence-corrected chi connectivity index (χ0v) is 25.1. The molecule has 0 aliphatic carbocycles. The van der Waals surface area contributed by atoms with E-state index in [0.717, 1.165) is 12.8 Å². The van der Waals surface area contributed by atoms with Crippen LogP contribution in [0.2, 0.25) is 0 Å². The SMILES string of the molecule is CCCCCCCCCCCCCCCCC/C=C/C[N+](CCCC(=O)O)(CCCC(=O)O)CCCC(=O)O. The summed E-state index contributed by atoms with van der Waals surface area (Å²) in [5, 5.41) is 27.2. The van der Waals surface area contributed by atoms with Crippen molar-refractivity contribution >= 4 is 17.9 Å². The molecular weight excluding hydrogens is 494 g/mol. The first kappa shape index (κ1) is 37.1. The molecule has 0 aliphatic rings. The molecule has 228 valence electrons. The zero-order chi connectivity index (χ0) is 29.0. The molecule has 0 atom stereocenters. The number of nitrogens with zero attached hydrogens (tertiary/aromatic N) is 1. The summed E-state index contributed by atoms with van der Waals surface area (Å²) in [4.78, 5) is 33.1. The fourth-order valence-corrected chi connectivity index (χ4v) is 5.36. The number of aliphatic carboxylic acids is 3. The number of carbonyl (C=O) groups is 3. The maximum Gasteiger partial charge on any atom is 0.303 e. The fourth-order valence-electron chi connectivity index (χ4n) is 5.36. The van der Waals surface area contributed by atoms with Gasteiger partial charge in [0.15, 0.2) is 0 Å². The molecule has 0 saturated carbocycles. The van der Waals surface area contributed by atoms with E-state index >= 15 is 0 Å². The van der Waals surface area contributed by atoms with Crippen LogP contribution in [0.1, 0.15) is 148 Å². The highest BCUT2D eigenvalue weighted by Crippen LogP contribution is 2.17. The molecule has 0 bridgehead atoms. The van der Waals surface area contributed by atoms with Crippen LogP contribution in [0.15, 0.2) is 12.2 Å². The molecule has 0 fully saturated rings. The highest BCUT2D eigenvalue weighted by Gasteiger charge is 2.26. The summed E-state index contributed by atoms with van der Waals surface area (Å²) in [6, 6.07) is 0. The molecule has 39 heavy (non-hydrogen) atoms. The van der Waals surface area contributed by atoms with Crippen LogP contribution in [0.3, 0.4) is 0 Å². The smallest absolute Gasteiger partial charge is 0.303 e. The summed E-state index contributed by atoms with van der Waals surface area (Å²) in [5.41, 5.74) is 0. The predicted molar refractivity (Wildman–Crippen MR) is 159 cm³/mol.